The number of hydrogen-bond donors (Lipinski definition) is 1. The van der Waals surface area contributed by atoms with Crippen LogP contribution in [0.25, 0.3) is 27.5 Å². The van der Waals surface area contributed by atoms with Crippen molar-refractivity contribution in [3.63, 3.8) is 0 Å². The Morgan fingerprint density at radius 2 is 1.83 bits per heavy atom. The maximum atomic E-state index is 13.7. The zero-order valence-corrected chi connectivity index (χ0v) is 22.2. The van der Waals surface area contributed by atoms with Crippen molar-refractivity contribution >= 4 is 52.3 Å². The van der Waals surface area contributed by atoms with Crippen molar-refractivity contribution in [1.82, 2.24) is 14.8 Å². The van der Waals surface area contributed by atoms with Crippen LogP contribution in [0.3, 0.4) is 0 Å². The molecule has 2 heterocycles. The van der Waals surface area contributed by atoms with Crippen LogP contribution in [-0.2, 0) is 6.18 Å². The summed E-state index contributed by atoms with van der Waals surface area (Å²) in [5.41, 5.74) is -0.369. The molecule has 36 heavy (non-hydrogen) atoms. The second-order valence-electron chi connectivity index (χ2n) is 8.00. The quantitative estimate of drug-likeness (QED) is 0.235. The van der Waals surface area contributed by atoms with E-state index in [0.29, 0.717) is 21.3 Å². The normalized spacial score (nSPS) is 11.9. The molecule has 188 valence electrons. The molecule has 0 atom stereocenters. The maximum Gasteiger partial charge on any atom is 0.417 e. The maximum absolute atomic E-state index is 13.7. The minimum Gasteiger partial charge on any atom is -0.476 e. The van der Waals surface area contributed by atoms with Gasteiger partial charge in [-0.15, -0.1) is 11.8 Å². The van der Waals surface area contributed by atoms with Crippen molar-refractivity contribution in [2.75, 3.05) is 0 Å². The van der Waals surface area contributed by atoms with Crippen molar-refractivity contribution in [3.05, 3.63) is 69.5 Å². The molecule has 2 aromatic heterocycles. The number of thioether (sulfide) groups is 1. The third kappa shape index (κ3) is 5.13. The number of rotatable bonds is 6. The Morgan fingerprint density at radius 1 is 1.14 bits per heavy atom. The Morgan fingerprint density at radius 3 is 2.44 bits per heavy atom. The molecule has 5 nitrogen and oxygen atoms in total. The van der Waals surface area contributed by atoms with E-state index >= 15 is 0 Å². The lowest BCUT2D eigenvalue weighted by Crippen LogP contribution is -2.11. The van der Waals surface area contributed by atoms with Gasteiger partial charge in [-0.1, -0.05) is 72.7 Å². The average molecular weight is 572 g/mol. The van der Waals surface area contributed by atoms with Gasteiger partial charge in [0.25, 0.3) is 0 Å². The van der Waals surface area contributed by atoms with Crippen LogP contribution in [0, 0.1) is 6.92 Å². The number of thiazole rings is 1. The molecule has 0 bridgehead atoms. The average Bonchev–Trinajstić information content (AvgIpc) is 3.35. The number of halogens is 5. The minimum absolute atomic E-state index is 0.111. The van der Waals surface area contributed by atoms with E-state index in [1.54, 1.807) is 18.2 Å². The van der Waals surface area contributed by atoms with Gasteiger partial charge in [0, 0.05) is 16.4 Å². The minimum atomic E-state index is -4.68. The summed E-state index contributed by atoms with van der Waals surface area (Å²) in [5, 5.41) is 15.5. The first-order chi connectivity index (χ1) is 16.9. The van der Waals surface area contributed by atoms with Crippen LogP contribution in [0.1, 0.15) is 35.6 Å². The Labute approximate surface area is 222 Å². The van der Waals surface area contributed by atoms with Crippen molar-refractivity contribution in [2.45, 2.75) is 36.4 Å². The standard InChI is InChI=1S/C24H18Cl2F3N3O2S2/c1-11(2)35-22-19(13-8-9-16(25)17(26)10-13)30-23(36-22)32-20(21(33)34)18(12(3)31-32)14-6-4-5-7-15(14)24(27,28)29/h4-11H,1-3H3,(H,33,34). The lowest BCUT2D eigenvalue weighted by atomic mass is 9.97. The summed E-state index contributed by atoms with van der Waals surface area (Å²) in [6.07, 6.45) is -4.68. The molecular weight excluding hydrogens is 554 g/mol. The van der Waals surface area contributed by atoms with Crippen LogP contribution < -0.4 is 0 Å². The Bertz CT molecular complexity index is 1470. The second kappa shape index (κ2) is 10.1. The summed E-state index contributed by atoms with van der Waals surface area (Å²) in [6, 6.07) is 9.88. The smallest absolute Gasteiger partial charge is 0.417 e. The summed E-state index contributed by atoms with van der Waals surface area (Å²) in [7, 11) is 0. The number of nitrogens with zero attached hydrogens (tertiary/aromatic N) is 3. The summed E-state index contributed by atoms with van der Waals surface area (Å²) in [6.45, 7) is 5.47. The molecule has 0 aliphatic carbocycles. The van der Waals surface area contributed by atoms with Crippen LogP contribution in [0.15, 0.2) is 46.7 Å². The molecule has 0 spiro atoms. The number of aromatic nitrogens is 3. The lowest BCUT2D eigenvalue weighted by molar-refractivity contribution is -0.137. The number of aryl methyl sites for hydroxylation is 1. The molecule has 4 rings (SSSR count). The number of carboxylic acids is 1. The van der Waals surface area contributed by atoms with Gasteiger partial charge in [-0.2, -0.15) is 23.0 Å². The number of aromatic carboxylic acids is 1. The van der Waals surface area contributed by atoms with E-state index in [1.165, 1.54) is 48.2 Å². The molecule has 12 heteroatoms. The third-order valence-corrected chi connectivity index (χ3v) is 8.05. The molecular formula is C24H18Cl2F3N3O2S2. The predicted octanol–water partition coefficient (Wildman–Crippen LogP) is 8.50. The molecule has 0 saturated carbocycles. The topological polar surface area (TPSA) is 68.0 Å². The van der Waals surface area contributed by atoms with Gasteiger partial charge in [-0.05, 0) is 30.7 Å². The van der Waals surface area contributed by atoms with Crippen molar-refractivity contribution < 1.29 is 23.1 Å². The first-order valence-corrected chi connectivity index (χ1v) is 13.0. The van der Waals surface area contributed by atoms with Gasteiger partial charge in [0.05, 0.1) is 31.2 Å². The van der Waals surface area contributed by atoms with Crippen LogP contribution >= 0.6 is 46.3 Å². The summed E-state index contributed by atoms with van der Waals surface area (Å²) in [5.74, 6) is -1.42. The highest BCUT2D eigenvalue weighted by Crippen LogP contribution is 2.43. The van der Waals surface area contributed by atoms with Crippen LogP contribution in [0.4, 0.5) is 13.2 Å². The number of alkyl halides is 3. The van der Waals surface area contributed by atoms with Crippen molar-refractivity contribution in [1.29, 1.82) is 0 Å². The second-order valence-corrected chi connectivity index (χ2v) is 11.6. The van der Waals surface area contributed by atoms with E-state index in [4.69, 9.17) is 23.2 Å². The van der Waals surface area contributed by atoms with Gasteiger partial charge in [0.15, 0.2) is 5.69 Å². The van der Waals surface area contributed by atoms with Gasteiger partial charge < -0.3 is 5.11 Å². The Balaban J connectivity index is 1.96. The van der Waals surface area contributed by atoms with Gasteiger partial charge in [-0.25, -0.2) is 9.78 Å². The number of carboxylic acid groups (broad SMARTS) is 1. The molecule has 2 aromatic carbocycles. The van der Waals surface area contributed by atoms with E-state index < -0.39 is 23.4 Å². The first kappa shape index (κ1) is 26.5. The van der Waals surface area contributed by atoms with E-state index in [9.17, 15) is 23.1 Å². The highest BCUT2D eigenvalue weighted by Gasteiger charge is 2.36. The van der Waals surface area contributed by atoms with Gasteiger partial charge in [0.2, 0.25) is 5.13 Å². The monoisotopic (exact) mass is 571 g/mol. The SMILES string of the molecule is Cc1nn(-c2nc(-c3ccc(Cl)c(Cl)c3)c(SC(C)C)s2)c(C(=O)O)c1-c1ccccc1C(F)(F)F. The highest BCUT2D eigenvalue weighted by atomic mass is 35.5. The van der Waals surface area contributed by atoms with Crippen LogP contribution in [-0.4, -0.2) is 31.1 Å². The molecule has 0 aliphatic rings. The molecule has 4 aromatic rings. The predicted molar refractivity (Wildman–Crippen MR) is 138 cm³/mol. The fourth-order valence-corrected chi connectivity index (χ4v) is 6.42. The lowest BCUT2D eigenvalue weighted by Gasteiger charge is -2.13. The molecule has 0 radical (unpaired) electrons. The fourth-order valence-electron chi connectivity index (χ4n) is 3.64. The molecule has 0 aliphatic heterocycles. The Hall–Kier alpha value is -2.53. The number of carbonyl (C=O) groups is 1. The van der Waals surface area contributed by atoms with E-state index in [2.05, 4.69) is 10.1 Å². The first-order valence-electron chi connectivity index (χ1n) is 10.5. The summed E-state index contributed by atoms with van der Waals surface area (Å²) in [4.78, 5) is 17.0. The number of hydrogen-bond acceptors (Lipinski definition) is 5. The molecule has 0 fully saturated rings. The highest BCUT2D eigenvalue weighted by molar-refractivity contribution is 8.01. The van der Waals surface area contributed by atoms with Crippen LogP contribution in [0.2, 0.25) is 10.0 Å². The van der Waals surface area contributed by atoms with Crippen LogP contribution in [0.5, 0.6) is 0 Å². The zero-order valence-electron chi connectivity index (χ0n) is 19.0. The van der Waals surface area contributed by atoms with E-state index in [0.717, 1.165) is 15.0 Å². The molecule has 0 unspecified atom stereocenters. The summed E-state index contributed by atoms with van der Waals surface area (Å²) >= 11 is 15.0. The molecule has 0 saturated heterocycles. The van der Waals surface area contributed by atoms with Gasteiger partial charge >= 0.3 is 12.1 Å². The zero-order chi connectivity index (χ0) is 26.4. The fraction of sp³-hybridized carbons (Fsp3) is 0.208. The number of benzene rings is 2. The Kier molecular flexibility index (Phi) is 7.43. The van der Waals surface area contributed by atoms with E-state index in [-0.39, 0.29) is 27.2 Å². The van der Waals surface area contributed by atoms with E-state index in [1.807, 2.05) is 13.8 Å². The molecule has 0 amide bonds. The van der Waals surface area contributed by atoms with Gasteiger partial charge in [-0.3, -0.25) is 0 Å². The third-order valence-electron chi connectivity index (χ3n) is 5.07. The van der Waals surface area contributed by atoms with Crippen molar-refractivity contribution in [3.8, 4) is 27.5 Å². The van der Waals surface area contributed by atoms with Crippen molar-refractivity contribution in [2.24, 2.45) is 0 Å². The van der Waals surface area contributed by atoms with Gasteiger partial charge in [0.1, 0.15) is 0 Å². The summed E-state index contributed by atoms with van der Waals surface area (Å²) < 4.78 is 43.1. The molecule has 1 N–H and O–H groups in total. The largest absolute Gasteiger partial charge is 0.476 e.